The maximum absolute atomic E-state index is 11.9. The summed E-state index contributed by atoms with van der Waals surface area (Å²) in [4.78, 5) is 32.6. The second kappa shape index (κ2) is 5.59. The molecule has 3 aromatic rings. The largest absolute Gasteiger partial charge is 0.334 e. The minimum absolute atomic E-state index is 0.00505. The number of likely N-dealkylation sites (tertiary alicyclic amines) is 1. The summed E-state index contributed by atoms with van der Waals surface area (Å²) in [7, 11) is 0. The number of amides is 1. The molecule has 0 bridgehead atoms. The Balaban J connectivity index is 1.79. The lowest BCUT2D eigenvalue weighted by molar-refractivity contribution is -0.129. The zero-order chi connectivity index (χ0) is 16.7. The van der Waals surface area contributed by atoms with Gasteiger partial charge in [-0.1, -0.05) is 23.4 Å². The van der Waals surface area contributed by atoms with Gasteiger partial charge in [-0.05, 0) is 18.9 Å². The summed E-state index contributed by atoms with van der Waals surface area (Å²) in [6, 6.07) is 8.75. The van der Waals surface area contributed by atoms with Crippen LogP contribution in [0.5, 0.6) is 0 Å². The number of nitrogens with zero attached hydrogens (tertiary/aromatic N) is 3. The number of aromatic amines is 1. The van der Waals surface area contributed by atoms with E-state index in [4.69, 9.17) is 4.52 Å². The lowest BCUT2D eigenvalue weighted by Crippen LogP contribution is -2.28. The molecule has 0 spiro atoms. The molecule has 2 aromatic heterocycles. The monoisotopic (exact) mass is 324 g/mol. The summed E-state index contributed by atoms with van der Waals surface area (Å²) in [5, 5.41) is 4.89. The highest BCUT2D eigenvalue weighted by molar-refractivity contribution is 5.91. The fourth-order valence-corrected chi connectivity index (χ4v) is 3.27. The molecule has 24 heavy (non-hydrogen) atoms. The summed E-state index contributed by atoms with van der Waals surface area (Å²) >= 11 is 0. The van der Waals surface area contributed by atoms with Gasteiger partial charge in [0.25, 0.3) is 5.89 Å². The first kappa shape index (κ1) is 14.6. The van der Waals surface area contributed by atoms with Crippen molar-refractivity contribution in [2.75, 3.05) is 6.54 Å². The fraction of sp³-hybridized carbons (Fsp3) is 0.294. The second-order valence-corrected chi connectivity index (χ2v) is 5.92. The predicted octanol–water partition coefficient (Wildman–Crippen LogP) is 2.26. The topological polar surface area (TPSA) is 92.1 Å². The van der Waals surface area contributed by atoms with Crippen molar-refractivity contribution in [2.45, 2.75) is 25.8 Å². The number of nitrogens with one attached hydrogen (secondary N) is 1. The minimum Gasteiger partial charge on any atom is -0.334 e. The number of para-hydroxylation sites is 1. The van der Waals surface area contributed by atoms with Gasteiger partial charge in [0.1, 0.15) is 0 Å². The highest BCUT2D eigenvalue weighted by Crippen LogP contribution is 2.32. The Morgan fingerprint density at radius 2 is 2.21 bits per heavy atom. The molecule has 1 aliphatic heterocycles. The molecule has 0 aliphatic carbocycles. The van der Waals surface area contributed by atoms with E-state index in [-0.39, 0.29) is 17.5 Å². The van der Waals surface area contributed by atoms with Gasteiger partial charge < -0.3 is 14.4 Å². The molecule has 1 aliphatic rings. The van der Waals surface area contributed by atoms with Gasteiger partial charge in [0.15, 0.2) is 5.82 Å². The number of rotatable bonds is 2. The summed E-state index contributed by atoms with van der Waals surface area (Å²) in [5.41, 5.74) is 1.08. The number of pyridine rings is 1. The Kier molecular flexibility index (Phi) is 3.41. The fourth-order valence-electron chi connectivity index (χ4n) is 3.27. The van der Waals surface area contributed by atoms with E-state index in [0.717, 1.165) is 18.2 Å². The lowest BCUT2D eigenvalue weighted by atomic mass is 10.1. The maximum Gasteiger partial charge on any atom is 0.258 e. The van der Waals surface area contributed by atoms with Crippen LogP contribution in [0.15, 0.2) is 39.6 Å². The molecule has 1 N–H and O–H groups in total. The molecule has 122 valence electrons. The zero-order valence-corrected chi connectivity index (χ0v) is 13.2. The molecule has 1 unspecified atom stereocenters. The van der Waals surface area contributed by atoms with Gasteiger partial charge in [0.05, 0.1) is 11.6 Å². The number of fused-ring (bicyclic) bond motifs is 1. The minimum atomic E-state index is -0.227. The van der Waals surface area contributed by atoms with E-state index in [2.05, 4.69) is 15.1 Å². The van der Waals surface area contributed by atoms with Crippen LogP contribution in [0.25, 0.3) is 22.4 Å². The van der Waals surface area contributed by atoms with Gasteiger partial charge >= 0.3 is 0 Å². The molecule has 3 heterocycles. The standard InChI is InChI=1S/C17H16N4O3/c1-10(22)21-8-4-7-14(21)16-19-17(24-20-16)12-9-15(23)18-13-6-3-2-5-11(12)13/h2-3,5-6,9,14H,4,7-8H2,1H3,(H,18,23). The number of hydrogen-bond acceptors (Lipinski definition) is 5. The van der Waals surface area contributed by atoms with Gasteiger partial charge in [0.2, 0.25) is 11.5 Å². The quantitative estimate of drug-likeness (QED) is 0.780. The molecule has 1 atom stereocenters. The summed E-state index contributed by atoms with van der Waals surface area (Å²) < 4.78 is 5.40. The van der Waals surface area contributed by atoms with Crippen LogP contribution in [0.2, 0.25) is 0 Å². The van der Waals surface area contributed by atoms with E-state index in [9.17, 15) is 9.59 Å². The number of hydrogen-bond donors (Lipinski definition) is 1. The van der Waals surface area contributed by atoms with Gasteiger partial charge in [-0.25, -0.2) is 0 Å². The first-order chi connectivity index (χ1) is 11.6. The third-order valence-electron chi connectivity index (χ3n) is 4.38. The Labute approximate surface area is 137 Å². The van der Waals surface area contributed by atoms with Gasteiger partial charge in [-0.3, -0.25) is 9.59 Å². The van der Waals surface area contributed by atoms with E-state index < -0.39 is 0 Å². The third-order valence-corrected chi connectivity index (χ3v) is 4.38. The molecule has 1 fully saturated rings. The van der Waals surface area contributed by atoms with Crippen molar-refractivity contribution in [3.8, 4) is 11.5 Å². The van der Waals surface area contributed by atoms with Crippen LogP contribution in [0.3, 0.4) is 0 Å². The summed E-state index contributed by atoms with van der Waals surface area (Å²) in [6.45, 7) is 2.25. The van der Waals surface area contributed by atoms with Crippen LogP contribution in [0.1, 0.15) is 31.6 Å². The van der Waals surface area contributed by atoms with Crippen molar-refractivity contribution in [2.24, 2.45) is 0 Å². The van der Waals surface area contributed by atoms with Gasteiger partial charge in [0, 0.05) is 30.4 Å². The lowest BCUT2D eigenvalue weighted by Gasteiger charge is -2.19. The molecular weight excluding hydrogens is 308 g/mol. The number of carbonyl (C=O) groups is 1. The first-order valence-electron chi connectivity index (χ1n) is 7.87. The van der Waals surface area contributed by atoms with E-state index in [1.54, 1.807) is 11.8 Å². The van der Waals surface area contributed by atoms with Crippen LogP contribution in [0.4, 0.5) is 0 Å². The Hall–Kier alpha value is -2.96. The Morgan fingerprint density at radius 3 is 3.04 bits per heavy atom. The molecule has 1 saturated heterocycles. The van der Waals surface area contributed by atoms with Crippen molar-refractivity contribution in [3.63, 3.8) is 0 Å². The average molecular weight is 324 g/mol. The normalized spacial score (nSPS) is 17.5. The number of carbonyl (C=O) groups excluding carboxylic acids is 1. The van der Waals surface area contributed by atoms with E-state index in [1.807, 2.05) is 24.3 Å². The Morgan fingerprint density at radius 1 is 1.38 bits per heavy atom. The Bertz CT molecular complexity index is 975. The number of aromatic nitrogens is 3. The van der Waals surface area contributed by atoms with Crippen LogP contribution >= 0.6 is 0 Å². The highest BCUT2D eigenvalue weighted by Gasteiger charge is 2.32. The smallest absolute Gasteiger partial charge is 0.258 e. The second-order valence-electron chi connectivity index (χ2n) is 5.92. The van der Waals surface area contributed by atoms with E-state index in [0.29, 0.717) is 29.3 Å². The molecular formula is C17H16N4O3. The zero-order valence-electron chi connectivity index (χ0n) is 13.2. The molecule has 4 rings (SSSR count). The molecule has 1 amide bonds. The number of H-pyrrole nitrogens is 1. The molecule has 7 nitrogen and oxygen atoms in total. The highest BCUT2D eigenvalue weighted by atomic mass is 16.5. The summed E-state index contributed by atoms with van der Waals surface area (Å²) in [6.07, 6.45) is 1.73. The van der Waals surface area contributed by atoms with Crippen LogP contribution in [-0.4, -0.2) is 32.5 Å². The maximum atomic E-state index is 11.9. The van der Waals surface area contributed by atoms with Crippen molar-refractivity contribution in [1.82, 2.24) is 20.0 Å². The van der Waals surface area contributed by atoms with Crippen molar-refractivity contribution in [3.05, 3.63) is 46.5 Å². The van der Waals surface area contributed by atoms with Gasteiger partial charge in [-0.2, -0.15) is 4.98 Å². The third kappa shape index (κ3) is 2.38. The summed E-state index contributed by atoms with van der Waals surface area (Å²) in [5.74, 6) is 0.787. The van der Waals surface area contributed by atoms with E-state index in [1.165, 1.54) is 6.07 Å². The average Bonchev–Trinajstić information content (AvgIpc) is 3.22. The predicted molar refractivity (Wildman–Crippen MR) is 87.2 cm³/mol. The molecule has 7 heteroatoms. The van der Waals surface area contributed by atoms with Crippen molar-refractivity contribution >= 4 is 16.8 Å². The van der Waals surface area contributed by atoms with Crippen LogP contribution in [-0.2, 0) is 4.79 Å². The SMILES string of the molecule is CC(=O)N1CCCC1c1noc(-c2cc(=O)[nH]c3ccccc23)n1. The molecule has 0 saturated carbocycles. The van der Waals surface area contributed by atoms with Gasteiger partial charge in [-0.15, -0.1) is 0 Å². The van der Waals surface area contributed by atoms with E-state index >= 15 is 0 Å². The van der Waals surface area contributed by atoms with Crippen LogP contribution < -0.4 is 5.56 Å². The molecule has 1 aromatic carbocycles. The van der Waals surface area contributed by atoms with Crippen LogP contribution in [0, 0.1) is 0 Å². The number of benzene rings is 1. The first-order valence-corrected chi connectivity index (χ1v) is 7.87. The van der Waals surface area contributed by atoms with Crippen molar-refractivity contribution in [1.29, 1.82) is 0 Å². The molecule has 0 radical (unpaired) electrons. The van der Waals surface area contributed by atoms with Crippen molar-refractivity contribution < 1.29 is 9.32 Å².